The van der Waals surface area contributed by atoms with Gasteiger partial charge in [-0.05, 0) is 35.9 Å². The number of halogens is 3. The first-order valence-electron chi connectivity index (χ1n) is 6.29. The first-order valence-corrected chi connectivity index (χ1v) is 7.04. The minimum atomic E-state index is -1.13. The van der Waals surface area contributed by atoms with E-state index in [1.165, 1.54) is 22.9 Å². The van der Waals surface area contributed by atoms with E-state index < -0.39 is 11.8 Å². The molecule has 0 aliphatic heterocycles. The van der Waals surface area contributed by atoms with Crippen LogP contribution >= 0.6 is 23.2 Å². The molecule has 1 aromatic heterocycles. The van der Waals surface area contributed by atoms with Gasteiger partial charge in [-0.25, -0.2) is 9.18 Å². The number of benzene rings is 2. The lowest BCUT2D eigenvalue weighted by molar-refractivity contribution is 0.0691. The third kappa shape index (κ3) is 2.65. The SMILES string of the molecule is O=C(O)c1nn(Cc2ccc(F)cc2Cl)c2cc(Cl)ccc12. The predicted molar refractivity (Wildman–Crippen MR) is 82.2 cm³/mol. The van der Waals surface area contributed by atoms with Gasteiger partial charge in [-0.1, -0.05) is 29.3 Å². The van der Waals surface area contributed by atoms with Crippen LogP contribution in [0.25, 0.3) is 10.9 Å². The molecule has 0 aliphatic carbocycles. The van der Waals surface area contributed by atoms with Crippen molar-refractivity contribution in [2.75, 3.05) is 0 Å². The molecule has 0 saturated heterocycles. The quantitative estimate of drug-likeness (QED) is 0.777. The number of hydrogen-bond donors (Lipinski definition) is 1. The van der Waals surface area contributed by atoms with E-state index in [0.29, 0.717) is 21.5 Å². The number of carboxylic acid groups (broad SMARTS) is 1. The number of aromatic carboxylic acids is 1. The third-order valence-electron chi connectivity index (χ3n) is 3.25. The molecule has 1 heterocycles. The van der Waals surface area contributed by atoms with Gasteiger partial charge in [0, 0.05) is 15.4 Å². The van der Waals surface area contributed by atoms with Crippen LogP contribution in [0.1, 0.15) is 16.1 Å². The van der Waals surface area contributed by atoms with Crippen LogP contribution < -0.4 is 0 Å². The van der Waals surface area contributed by atoms with Gasteiger partial charge in [0.15, 0.2) is 5.69 Å². The Balaban J connectivity index is 2.14. The second kappa shape index (κ2) is 5.59. The molecule has 7 heteroatoms. The lowest BCUT2D eigenvalue weighted by Gasteiger charge is -2.06. The van der Waals surface area contributed by atoms with Crippen LogP contribution in [0, 0.1) is 5.82 Å². The van der Waals surface area contributed by atoms with Crippen molar-refractivity contribution in [2.24, 2.45) is 0 Å². The fraction of sp³-hybridized carbons (Fsp3) is 0.0667. The molecule has 0 bridgehead atoms. The van der Waals surface area contributed by atoms with Gasteiger partial charge in [0.2, 0.25) is 0 Å². The molecule has 3 aromatic rings. The van der Waals surface area contributed by atoms with Crippen molar-refractivity contribution in [3.8, 4) is 0 Å². The smallest absolute Gasteiger partial charge is 0.357 e. The van der Waals surface area contributed by atoms with Crippen LogP contribution in [-0.2, 0) is 6.54 Å². The van der Waals surface area contributed by atoms with E-state index in [0.717, 1.165) is 0 Å². The lowest BCUT2D eigenvalue weighted by atomic mass is 10.2. The zero-order valence-electron chi connectivity index (χ0n) is 11.1. The minimum Gasteiger partial charge on any atom is -0.476 e. The summed E-state index contributed by atoms with van der Waals surface area (Å²) in [5.41, 5.74) is 1.14. The monoisotopic (exact) mass is 338 g/mol. The Hall–Kier alpha value is -2.11. The molecular weight excluding hydrogens is 330 g/mol. The van der Waals surface area contributed by atoms with Crippen LogP contribution in [0.3, 0.4) is 0 Å². The van der Waals surface area contributed by atoms with Gasteiger partial charge in [-0.2, -0.15) is 5.10 Å². The average Bonchev–Trinajstić information content (AvgIpc) is 2.80. The van der Waals surface area contributed by atoms with Gasteiger partial charge < -0.3 is 5.11 Å². The van der Waals surface area contributed by atoms with Gasteiger partial charge in [0.05, 0.1) is 12.1 Å². The van der Waals surface area contributed by atoms with Crippen molar-refractivity contribution >= 4 is 40.1 Å². The third-order valence-corrected chi connectivity index (χ3v) is 3.84. The predicted octanol–water partition coefficient (Wildman–Crippen LogP) is 4.23. The Morgan fingerprint density at radius 3 is 2.68 bits per heavy atom. The highest BCUT2D eigenvalue weighted by Crippen LogP contribution is 2.25. The summed E-state index contributed by atoms with van der Waals surface area (Å²) in [4.78, 5) is 11.3. The molecule has 0 radical (unpaired) electrons. The fourth-order valence-electron chi connectivity index (χ4n) is 2.24. The van der Waals surface area contributed by atoms with E-state index in [1.807, 2.05) is 0 Å². The molecule has 1 N–H and O–H groups in total. The molecule has 0 unspecified atom stereocenters. The molecule has 112 valence electrons. The Morgan fingerprint density at radius 1 is 1.23 bits per heavy atom. The number of carboxylic acids is 1. The summed E-state index contributed by atoms with van der Waals surface area (Å²) in [5.74, 6) is -1.57. The normalized spacial score (nSPS) is 11.0. The number of fused-ring (bicyclic) bond motifs is 1. The molecule has 0 aliphatic rings. The summed E-state index contributed by atoms with van der Waals surface area (Å²) < 4.78 is 14.6. The molecule has 0 spiro atoms. The first kappa shape index (κ1) is 14.8. The lowest BCUT2D eigenvalue weighted by Crippen LogP contribution is -2.05. The standard InChI is InChI=1S/C15H9Cl2FN2O2/c16-9-2-4-11-13(5-9)20(19-14(11)15(21)22)7-8-1-3-10(18)6-12(8)17/h1-6H,7H2,(H,21,22). The summed E-state index contributed by atoms with van der Waals surface area (Å²) in [6, 6.07) is 8.87. The van der Waals surface area contributed by atoms with Crippen LogP contribution in [0.5, 0.6) is 0 Å². The molecule has 0 fully saturated rings. The minimum absolute atomic E-state index is 0.0649. The van der Waals surface area contributed by atoms with Gasteiger partial charge in [0.25, 0.3) is 0 Å². The average molecular weight is 339 g/mol. The number of nitrogens with zero attached hydrogens (tertiary/aromatic N) is 2. The molecule has 0 amide bonds. The summed E-state index contributed by atoms with van der Waals surface area (Å²) >= 11 is 12.0. The van der Waals surface area contributed by atoms with E-state index in [-0.39, 0.29) is 17.3 Å². The van der Waals surface area contributed by atoms with E-state index >= 15 is 0 Å². The molecule has 4 nitrogen and oxygen atoms in total. The highest BCUT2D eigenvalue weighted by molar-refractivity contribution is 6.31. The van der Waals surface area contributed by atoms with Gasteiger partial charge in [0.1, 0.15) is 5.82 Å². The molecular formula is C15H9Cl2FN2O2. The second-order valence-corrected chi connectivity index (χ2v) is 5.55. The Kier molecular flexibility index (Phi) is 3.76. The van der Waals surface area contributed by atoms with E-state index in [1.54, 1.807) is 18.2 Å². The van der Waals surface area contributed by atoms with Crippen LogP contribution in [0.2, 0.25) is 10.0 Å². The number of hydrogen-bond acceptors (Lipinski definition) is 2. The number of carbonyl (C=O) groups is 1. The van der Waals surface area contributed by atoms with E-state index in [2.05, 4.69) is 5.10 Å². The molecule has 2 aromatic carbocycles. The summed E-state index contributed by atoms with van der Waals surface area (Å²) in [7, 11) is 0. The van der Waals surface area contributed by atoms with Crippen molar-refractivity contribution in [2.45, 2.75) is 6.54 Å². The Bertz CT molecular complexity index is 893. The zero-order chi connectivity index (χ0) is 15.9. The maximum atomic E-state index is 13.1. The van der Waals surface area contributed by atoms with Crippen molar-refractivity contribution in [1.82, 2.24) is 9.78 Å². The molecule has 0 atom stereocenters. The fourth-order valence-corrected chi connectivity index (χ4v) is 2.63. The first-order chi connectivity index (χ1) is 10.5. The number of rotatable bonds is 3. The van der Waals surface area contributed by atoms with Crippen LogP contribution in [-0.4, -0.2) is 20.9 Å². The van der Waals surface area contributed by atoms with Gasteiger partial charge in [-0.3, -0.25) is 4.68 Å². The topological polar surface area (TPSA) is 55.1 Å². The molecule has 3 rings (SSSR count). The highest BCUT2D eigenvalue weighted by Gasteiger charge is 2.17. The van der Waals surface area contributed by atoms with Crippen LogP contribution in [0.4, 0.5) is 4.39 Å². The van der Waals surface area contributed by atoms with Crippen LogP contribution in [0.15, 0.2) is 36.4 Å². The van der Waals surface area contributed by atoms with E-state index in [4.69, 9.17) is 23.2 Å². The van der Waals surface area contributed by atoms with Crippen molar-refractivity contribution < 1.29 is 14.3 Å². The zero-order valence-corrected chi connectivity index (χ0v) is 12.6. The number of aromatic nitrogens is 2. The maximum absolute atomic E-state index is 13.1. The van der Waals surface area contributed by atoms with Gasteiger partial charge >= 0.3 is 5.97 Å². The molecule has 22 heavy (non-hydrogen) atoms. The largest absolute Gasteiger partial charge is 0.476 e. The summed E-state index contributed by atoms with van der Waals surface area (Å²) in [6.45, 7) is 0.212. The van der Waals surface area contributed by atoms with E-state index in [9.17, 15) is 14.3 Å². The van der Waals surface area contributed by atoms with Gasteiger partial charge in [-0.15, -0.1) is 0 Å². The summed E-state index contributed by atoms with van der Waals surface area (Å²) in [6.07, 6.45) is 0. The molecule has 0 saturated carbocycles. The second-order valence-electron chi connectivity index (χ2n) is 4.71. The maximum Gasteiger partial charge on any atom is 0.357 e. The highest BCUT2D eigenvalue weighted by atomic mass is 35.5. The van der Waals surface area contributed by atoms with Crippen molar-refractivity contribution in [3.63, 3.8) is 0 Å². The Labute approximate surface area is 134 Å². The Morgan fingerprint density at radius 2 is 2.00 bits per heavy atom. The summed E-state index contributed by atoms with van der Waals surface area (Å²) in [5, 5.41) is 14.5. The van der Waals surface area contributed by atoms with Crippen molar-refractivity contribution in [3.05, 3.63) is 63.5 Å². The van der Waals surface area contributed by atoms with Crippen molar-refractivity contribution in [1.29, 1.82) is 0 Å².